The molecule has 0 saturated carbocycles. The van der Waals surface area contributed by atoms with Crippen LogP contribution in [0.1, 0.15) is 17.4 Å². The molecule has 0 bridgehead atoms. The van der Waals surface area contributed by atoms with E-state index < -0.39 is 5.97 Å². The molecule has 4 rings (SSSR count). The Labute approximate surface area is 161 Å². The quantitative estimate of drug-likeness (QED) is 0.685. The van der Waals surface area contributed by atoms with Gasteiger partial charge in [0.15, 0.2) is 11.5 Å². The van der Waals surface area contributed by atoms with Gasteiger partial charge in [-0.25, -0.2) is 4.79 Å². The minimum absolute atomic E-state index is 0.0178. The summed E-state index contributed by atoms with van der Waals surface area (Å²) < 4.78 is 19.7. The zero-order chi connectivity index (χ0) is 19.7. The minimum Gasteiger partial charge on any atom is -0.486 e. The molecule has 3 aromatic rings. The van der Waals surface area contributed by atoms with Gasteiger partial charge in [-0.1, -0.05) is 0 Å². The van der Waals surface area contributed by atoms with Crippen LogP contribution in [0, 0.1) is 0 Å². The molecular weight excluding hydrogens is 362 g/mol. The van der Waals surface area contributed by atoms with E-state index in [9.17, 15) is 9.59 Å². The van der Waals surface area contributed by atoms with Crippen LogP contribution in [0.3, 0.4) is 0 Å². The van der Waals surface area contributed by atoms with Crippen LogP contribution in [0.25, 0.3) is 11.0 Å². The van der Waals surface area contributed by atoms with Crippen molar-refractivity contribution in [3.63, 3.8) is 0 Å². The lowest BCUT2D eigenvalue weighted by Crippen LogP contribution is -2.22. The number of nitrogens with one attached hydrogen (secondary N) is 1. The van der Waals surface area contributed by atoms with E-state index in [4.69, 9.17) is 14.2 Å². The smallest absolute Gasteiger partial charge is 0.355 e. The molecular formula is C20H21N3O5. The fourth-order valence-corrected chi connectivity index (χ4v) is 3.28. The Balaban J connectivity index is 1.58. The maximum absolute atomic E-state index is 12.7. The molecule has 8 nitrogen and oxygen atoms in total. The zero-order valence-corrected chi connectivity index (χ0v) is 15.7. The Morgan fingerprint density at radius 1 is 1.11 bits per heavy atom. The van der Waals surface area contributed by atoms with Crippen molar-refractivity contribution in [3.05, 3.63) is 42.2 Å². The van der Waals surface area contributed by atoms with E-state index in [1.54, 1.807) is 35.8 Å². The molecule has 1 N–H and O–H groups in total. The molecule has 1 amide bonds. The maximum atomic E-state index is 12.7. The second-order valence-corrected chi connectivity index (χ2v) is 6.44. The molecule has 0 saturated heterocycles. The molecule has 146 valence electrons. The number of ether oxygens (including phenoxy) is 3. The lowest BCUT2D eigenvalue weighted by molar-refractivity contribution is -0.116. The normalized spacial score (nSPS) is 12.8. The highest BCUT2D eigenvalue weighted by Gasteiger charge is 2.20. The van der Waals surface area contributed by atoms with Gasteiger partial charge in [0.2, 0.25) is 5.91 Å². The predicted octanol–water partition coefficient (Wildman–Crippen LogP) is 2.57. The number of benzene rings is 1. The average Bonchev–Trinajstić information content (AvgIpc) is 3.22. The summed E-state index contributed by atoms with van der Waals surface area (Å²) in [6, 6.07) is 8.86. The van der Waals surface area contributed by atoms with Crippen molar-refractivity contribution in [2.45, 2.75) is 13.5 Å². The summed E-state index contributed by atoms with van der Waals surface area (Å²) in [6.45, 7) is 2.98. The Morgan fingerprint density at radius 3 is 2.68 bits per heavy atom. The van der Waals surface area contributed by atoms with E-state index in [0.29, 0.717) is 36.1 Å². The van der Waals surface area contributed by atoms with E-state index in [-0.39, 0.29) is 19.1 Å². The predicted molar refractivity (Wildman–Crippen MR) is 103 cm³/mol. The zero-order valence-electron chi connectivity index (χ0n) is 15.7. The van der Waals surface area contributed by atoms with Crippen LogP contribution in [-0.2, 0) is 23.1 Å². The number of aryl methyl sites for hydroxylation is 1. The minimum atomic E-state index is -0.453. The first-order chi connectivity index (χ1) is 13.6. The third-order valence-electron chi connectivity index (χ3n) is 4.57. The third kappa shape index (κ3) is 3.28. The number of hydrogen-bond acceptors (Lipinski definition) is 5. The summed E-state index contributed by atoms with van der Waals surface area (Å²) in [5.74, 6) is 0.544. The van der Waals surface area contributed by atoms with Gasteiger partial charge in [0.25, 0.3) is 0 Å². The van der Waals surface area contributed by atoms with Crippen molar-refractivity contribution in [3.8, 4) is 11.5 Å². The first-order valence-corrected chi connectivity index (χ1v) is 9.08. The Hall–Kier alpha value is -3.42. The molecule has 1 aliphatic heterocycles. The maximum Gasteiger partial charge on any atom is 0.355 e. The van der Waals surface area contributed by atoms with E-state index in [1.807, 2.05) is 23.9 Å². The number of amides is 1. The van der Waals surface area contributed by atoms with Crippen LogP contribution >= 0.6 is 0 Å². The highest BCUT2D eigenvalue weighted by atomic mass is 16.6. The summed E-state index contributed by atoms with van der Waals surface area (Å²) in [5, 5.41) is 2.85. The van der Waals surface area contributed by atoms with E-state index >= 15 is 0 Å². The summed E-state index contributed by atoms with van der Waals surface area (Å²) in [6.07, 6.45) is 1.88. The van der Waals surface area contributed by atoms with Gasteiger partial charge in [0, 0.05) is 25.0 Å². The second-order valence-electron chi connectivity index (χ2n) is 6.44. The largest absolute Gasteiger partial charge is 0.486 e. The number of rotatable bonds is 5. The summed E-state index contributed by atoms with van der Waals surface area (Å²) in [7, 11) is 1.89. The van der Waals surface area contributed by atoms with Gasteiger partial charge >= 0.3 is 5.97 Å². The molecule has 8 heteroatoms. The summed E-state index contributed by atoms with van der Waals surface area (Å²) in [4.78, 5) is 25.0. The van der Waals surface area contributed by atoms with Gasteiger partial charge in [-0.3, -0.25) is 4.79 Å². The molecule has 0 spiro atoms. The van der Waals surface area contributed by atoms with Crippen LogP contribution < -0.4 is 14.8 Å². The number of aromatic nitrogens is 2. The standard InChI is InChI=1S/C20H21N3O5/c1-3-26-20(25)16-11-15-14(6-7-22(15)2)23(16)12-19(24)21-13-4-5-17-18(10-13)28-9-8-27-17/h4-7,10-11H,3,8-9,12H2,1-2H3,(H,21,24). The lowest BCUT2D eigenvalue weighted by Gasteiger charge is -2.19. The van der Waals surface area contributed by atoms with Crippen LogP contribution in [0.15, 0.2) is 36.5 Å². The Bertz CT molecular complexity index is 1050. The van der Waals surface area contributed by atoms with Gasteiger partial charge in [-0.15, -0.1) is 0 Å². The van der Waals surface area contributed by atoms with Crippen LogP contribution in [0.5, 0.6) is 11.5 Å². The number of fused-ring (bicyclic) bond motifs is 2. The van der Waals surface area contributed by atoms with Crippen molar-refractivity contribution in [1.82, 2.24) is 9.13 Å². The van der Waals surface area contributed by atoms with Gasteiger partial charge in [-0.05, 0) is 31.2 Å². The van der Waals surface area contributed by atoms with E-state index in [0.717, 1.165) is 11.0 Å². The van der Waals surface area contributed by atoms with E-state index in [2.05, 4.69) is 5.32 Å². The first-order valence-electron chi connectivity index (χ1n) is 9.08. The number of carbonyl (C=O) groups excluding carboxylic acids is 2. The number of esters is 1. The molecule has 28 heavy (non-hydrogen) atoms. The van der Waals surface area contributed by atoms with Gasteiger partial charge in [0.05, 0.1) is 17.6 Å². The van der Waals surface area contributed by atoms with Gasteiger partial charge in [-0.2, -0.15) is 0 Å². The highest BCUT2D eigenvalue weighted by Crippen LogP contribution is 2.32. The lowest BCUT2D eigenvalue weighted by atomic mass is 10.2. The monoisotopic (exact) mass is 383 g/mol. The number of anilines is 1. The topological polar surface area (TPSA) is 83.7 Å². The number of hydrogen-bond donors (Lipinski definition) is 1. The molecule has 1 aromatic carbocycles. The molecule has 0 unspecified atom stereocenters. The Kier molecular flexibility index (Phi) is 4.68. The number of carbonyl (C=O) groups is 2. The molecule has 2 aromatic heterocycles. The SMILES string of the molecule is CCOC(=O)c1cc2c(ccn2C)n1CC(=O)Nc1ccc2c(c1)OCCO2. The molecule has 3 heterocycles. The second kappa shape index (κ2) is 7.30. The van der Waals surface area contributed by atoms with Crippen LogP contribution in [0.2, 0.25) is 0 Å². The van der Waals surface area contributed by atoms with Crippen LogP contribution in [-0.4, -0.2) is 40.8 Å². The van der Waals surface area contributed by atoms with Crippen molar-refractivity contribution in [2.24, 2.45) is 7.05 Å². The first kappa shape index (κ1) is 18.0. The molecule has 0 fully saturated rings. The fourth-order valence-electron chi connectivity index (χ4n) is 3.28. The molecule has 1 aliphatic rings. The van der Waals surface area contributed by atoms with E-state index in [1.165, 1.54) is 0 Å². The van der Waals surface area contributed by atoms with Crippen molar-refractivity contribution in [2.75, 3.05) is 25.1 Å². The summed E-state index contributed by atoms with van der Waals surface area (Å²) in [5.41, 5.74) is 2.60. The van der Waals surface area contributed by atoms with Crippen molar-refractivity contribution < 1.29 is 23.8 Å². The van der Waals surface area contributed by atoms with Crippen LogP contribution in [0.4, 0.5) is 5.69 Å². The summed E-state index contributed by atoms with van der Waals surface area (Å²) >= 11 is 0. The fraction of sp³-hybridized carbons (Fsp3) is 0.300. The van der Waals surface area contributed by atoms with Gasteiger partial charge in [0.1, 0.15) is 25.5 Å². The average molecular weight is 383 g/mol. The van der Waals surface area contributed by atoms with Crippen molar-refractivity contribution in [1.29, 1.82) is 0 Å². The van der Waals surface area contributed by atoms with Crippen molar-refractivity contribution >= 4 is 28.6 Å². The third-order valence-corrected chi connectivity index (χ3v) is 4.57. The molecule has 0 radical (unpaired) electrons. The Morgan fingerprint density at radius 2 is 1.89 bits per heavy atom. The molecule has 0 aliphatic carbocycles. The number of nitrogens with zero attached hydrogens (tertiary/aromatic N) is 2. The highest BCUT2D eigenvalue weighted by molar-refractivity contribution is 5.97. The molecule has 0 atom stereocenters. The van der Waals surface area contributed by atoms with Gasteiger partial charge < -0.3 is 28.7 Å².